The van der Waals surface area contributed by atoms with E-state index in [0.717, 1.165) is 37.1 Å². The average molecular weight is 289 g/mol. The SMILES string of the molecule is Cc1nc(N(C)CC2CCCC2)ccc1CNCC(C)C. The van der Waals surface area contributed by atoms with Crippen LogP contribution in [0.15, 0.2) is 12.1 Å². The van der Waals surface area contributed by atoms with Crippen molar-refractivity contribution in [1.29, 1.82) is 0 Å². The average Bonchev–Trinajstić information content (AvgIpc) is 2.93. The highest BCUT2D eigenvalue weighted by atomic mass is 15.2. The molecule has 0 radical (unpaired) electrons. The van der Waals surface area contributed by atoms with Crippen LogP contribution >= 0.6 is 0 Å². The van der Waals surface area contributed by atoms with Crippen LogP contribution in [0.2, 0.25) is 0 Å². The molecule has 0 saturated heterocycles. The Morgan fingerprint density at radius 1 is 1.29 bits per heavy atom. The maximum atomic E-state index is 4.80. The molecular formula is C18H31N3. The zero-order valence-corrected chi connectivity index (χ0v) is 14.2. The molecule has 2 rings (SSSR count). The van der Waals surface area contributed by atoms with Gasteiger partial charge in [0.05, 0.1) is 0 Å². The fraction of sp³-hybridized carbons (Fsp3) is 0.722. The number of pyridine rings is 1. The molecule has 1 aromatic rings. The molecule has 0 bridgehead atoms. The van der Waals surface area contributed by atoms with Crippen molar-refractivity contribution in [1.82, 2.24) is 10.3 Å². The number of nitrogens with one attached hydrogen (secondary N) is 1. The molecule has 1 aliphatic carbocycles. The smallest absolute Gasteiger partial charge is 0.128 e. The van der Waals surface area contributed by atoms with Gasteiger partial charge in [-0.2, -0.15) is 0 Å². The molecule has 0 aliphatic heterocycles. The molecule has 0 unspecified atom stereocenters. The van der Waals surface area contributed by atoms with Gasteiger partial charge in [0.2, 0.25) is 0 Å². The van der Waals surface area contributed by atoms with Gasteiger partial charge in [-0.15, -0.1) is 0 Å². The van der Waals surface area contributed by atoms with Gasteiger partial charge in [0, 0.05) is 25.8 Å². The maximum Gasteiger partial charge on any atom is 0.128 e. The van der Waals surface area contributed by atoms with E-state index < -0.39 is 0 Å². The molecule has 3 heteroatoms. The van der Waals surface area contributed by atoms with Gasteiger partial charge >= 0.3 is 0 Å². The van der Waals surface area contributed by atoms with Crippen LogP contribution in [0.1, 0.15) is 50.8 Å². The Bertz CT molecular complexity index is 436. The zero-order valence-electron chi connectivity index (χ0n) is 14.2. The normalized spacial score (nSPS) is 15.9. The monoisotopic (exact) mass is 289 g/mol. The molecule has 21 heavy (non-hydrogen) atoms. The lowest BCUT2D eigenvalue weighted by Gasteiger charge is -2.23. The molecule has 118 valence electrons. The molecule has 0 amide bonds. The highest BCUT2D eigenvalue weighted by Gasteiger charge is 2.17. The Morgan fingerprint density at radius 3 is 2.62 bits per heavy atom. The van der Waals surface area contributed by atoms with Gasteiger partial charge in [0.1, 0.15) is 5.82 Å². The molecule has 1 heterocycles. The lowest BCUT2D eigenvalue weighted by Crippen LogP contribution is -2.25. The molecule has 3 nitrogen and oxygen atoms in total. The molecular weight excluding hydrogens is 258 g/mol. The van der Waals surface area contributed by atoms with E-state index in [-0.39, 0.29) is 0 Å². The summed E-state index contributed by atoms with van der Waals surface area (Å²) in [7, 11) is 2.18. The number of rotatable bonds is 7. The summed E-state index contributed by atoms with van der Waals surface area (Å²) in [5, 5.41) is 3.50. The van der Waals surface area contributed by atoms with Crippen molar-refractivity contribution < 1.29 is 0 Å². The lowest BCUT2D eigenvalue weighted by atomic mass is 10.1. The van der Waals surface area contributed by atoms with Gasteiger partial charge in [0.25, 0.3) is 0 Å². The fourth-order valence-electron chi connectivity index (χ4n) is 3.15. The molecule has 1 aromatic heterocycles. The zero-order chi connectivity index (χ0) is 15.2. The van der Waals surface area contributed by atoms with Gasteiger partial charge in [-0.3, -0.25) is 0 Å². The van der Waals surface area contributed by atoms with Crippen molar-refractivity contribution in [3.8, 4) is 0 Å². The first-order valence-corrected chi connectivity index (χ1v) is 8.44. The summed E-state index contributed by atoms with van der Waals surface area (Å²) < 4.78 is 0. The Morgan fingerprint density at radius 2 is 2.00 bits per heavy atom. The summed E-state index contributed by atoms with van der Waals surface area (Å²) in [6.45, 7) is 9.72. The second-order valence-corrected chi connectivity index (χ2v) is 6.97. The second kappa shape index (κ2) is 7.79. The van der Waals surface area contributed by atoms with E-state index in [9.17, 15) is 0 Å². The third kappa shape index (κ3) is 4.99. The third-order valence-electron chi connectivity index (χ3n) is 4.45. The van der Waals surface area contributed by atoms with Crippen LogP contribution in [0.4, 0.5) is 5.82 Å². The van der Waals surface area contributed by atoms with E-state index in [1.807, 2.05) is 0 Å². The Labute approximate surface area is 130 Å². The number of anilines is 1. The Kier molecular flexibility index (Phi) is 6.04. The minimum atomic E-state index is 0.690. The van der Waals surface area contributed by atoms with Crippen molar-refractivity contribution in [3.63, 3.8) is 0 Å². The highest BCUT2D eigenvalue weighted by Crippen LogP contribution is 2.26. The van der Waals surface area contributed by atoms with Crippen molar-refractivity contribution in [2.45, 2.75) is 53.0 Å². The number of aromatic nitrogens is 1. The Balaban J connectivity index is 1.90. The van der Waals surface area contributed by atoms with E-state index in [2.05, 4.69) is 50.2 Å². The minimum Gasteiger partial charge on any atom is -0.359 e. The van der Waals surface area contributed by atoms with Crippen molar-refractivity contribution >= 4 is 5.82 Å². The van der Waals surface area contributed by atoms with Gasteiger partial charge in [-0.05, 0) is 49.8 Å². The van der Waals surface area contributed by atoms with Gasteiger partial charge in [-0.25, -0.2) is 4.98 Å². The van der Waals surface area contributed by atoms with Gasteiger partial charge < -0.3 is 10.2 Å². The number of nitrogens with zero attached hydrogens (tertiary/aromatic N) is 2. The van der Waals surface area contributed by atoms with Crippen molar-refractivity contribution in [3.05, 3.63) is 23.4 Å². The van der Waals surface area contributed by atoms with E-state index >= 15 is 0 Å². The van der Waals surface area contributed by atoms with Crippen LogP contribution in [0.5, 0.6) is 0 Å². The number of aryl methyl sites for hydroxylation is 1. The predicted octanol–water partition coefficient (Wildman–Crippen LogP) is 3.76. The van der Waals surface area contributed by atoms with Crippen molar-refractivity contribution in [2.24, 2.45) is 11.8 Å². The largest absolute Gasteiger partial charge is 0.359 e. The molecule has 1 fully saturated rings. The third-order valence-corrected chi connectivity index (χ3v) is 4.45. The first-order valence-electron chi connectivity index (χ1n) is 8.44. The highest BCUT2D eigenvalue weighted by molar-refractivity contribution is 5.41. The molecule has 0 spiro atoms. The summed E-state index contributed by atoms with van der Waals surface area (Å²) in [6, 6.07) is 4.41. The molecule has 1 saturated carbocycles. The first kappa shape index (κ1) is 16.3. The minimum absolute atomic E-state index is 0.690. The van der Waals surface area contributed by atoms with E-state index in [0.29, 0.717) is 5.92 Å². The van der Waals surface area contributed by atoms with Crippen LogP contribution in [-0.4, -0.2) is 25.1 Å². The quantitative estimate of drug-likeness (QED) is 0.828. The predicted molar refractivity (Wildman–Crippen MR) is 90.7 cm³/mol. The second-order valence-electron chi connectivity index (χ2n) is 6.97. The summed E-state index contributed by atoms with van der Waals surface area (Å²) in [5.41, 5.74) is 2.47. The van der Waals surface area contributed by atoms with Gasteiger partial charge in [-0.1, -0.05) is 32.8 Å². The molecule has 0 atom stereocenters. The van der Waals surface area contributed by atoms with E-state index in [1.54, 1.807) is 0 Å². The van der Waals surface area contributed by atoms with Crippen LogP contribution in [0, 0.1) is 18.8 Å². The number of hydrogen-bond donors (Lipinski definition) is 1. The van der Waals surface area contributed by atoms with Gasteiger partial charge in [0.15, 0.2) is 0 Å². The standard InChI is InChI=1S/C18H31N3/c1-14(2)11-19-12-17-9-10-18(20-15(17)3)21(4)13-16-7-5-6-8-16/h9-10,14,16,19H,5-8,11-13H2,1-4H3. The van der Waals surface area contributed by atoms with Crippen molar-refractivity contribution in [2.75, 3.05) is 25.0 Å². The maximum absolute atomic E-state index is 4.80. The fourth-order valence-corrected chi connectivity index (χ4v) is 3.15. The Hall–Kier alpha value is -1.09. The van der Waals surface area contributed by atoms with Crippen LogP contribution in [-0.2, 0) is 6.54 Å². The summed E-state index contributed by atoms with van der Waals surface area (Å²) in [4.78, 5) is 7.13. The topological polar surface area (TPSA) is 28.2 Å². The first-order chi connectivity index (χ1) is 10.1. The lowest BCUT2D eigenvalue weighted by molar-refractivity contribution is 0.543. The van der Waals surface area contributed by atoms with Crippen LogP contribution in [0.25, 0.3) is 0 Å². The van der Waals surface area contributed by atoms with Crippen LogP contribution < -0.4 is 10.2 Å². The molecule has 1 aliphatic rings. The summed E-state index contributed by atoms with van der Waals surface area (Å²) in [5.74, 6) is 2.67. The van der Waals surface area contributed by atoms with E-state index in [4.69, 9.17) is 4.98 Å². The van der Waals surface area contributed by atoms with Crippen LogP contribution in [0.3, 0.4) is 0 Å². The molecule has 0 aromatic carbocycles. The van der Waals surface area contributed by atoms with E-state index in [1.165, 1.54) is 31.2 Å². The summed E-state index contributed by atoms with van der Waals surface area (Å²) in [6.07, 6.45) is 5.60. The number of hydrogen-bond acceptors (Lipinski definition) is 3. The summed E-state index contributed by atoms with van der Waals surface area (Å²) >= 11 is 0. The molecule has 1 N–H and O–H groups in total.